The van der Waals surface area contributed by atoms with Crippen LogP contribution in [0, 0.1) is 6.92 Å². The molecule has 0 aliphatic rings. The predicted molar refractivity (Wildman–Crippen MR) is 69.2 cm³/mol. The predicted octanol–water partition coefficient (Wildman–Crippen LogP) is 1.26. The number of amides is 1. The van der Waals surface area contributed by atoms with E-state index in [-0.39, 0.29) is 5.91 Å². The van der Waals surface area contributed by atoms with Crippen LogP contribution >= 0.6 is 0 Å². The van der Waals surface area contributed by atoms with Gasteiger partial charge in [-0.15, -0.1) is 0 Å². The van der Waals surface area contributed by atoms with E-state index in [1.54, 1.807) is 25.1 Å². The average Bonchev–Trinajstić information content (AvgIpc) is 2.37. The van der Waals surface area contributed by atoms with Crippen LogP contribution in [0.25, 0.3) is 0 Å². The number of methoxy groups -OCH3 is 1. The van der Waals surface area contributed by atoms with E-state index in [1.807, 2.05) is 6.92 Å². The van der Waals surface area contributed by atoms with Gasteiger partial charge in [0.15, 0.2) is 0 Å². The number of nitrogen functional groups attached to an aromatic ring is 1. The molecule has 1 aromatic carbocycles. The van der Waals surface area contributed by atoms with Crippen molar-refractivity contribution in [1.29, 1.82) is 0 Å². The van der Waals surface area contributed by atoms with Crippen molar-refractivity contribution in [3.8, 4) is 0 Å². The van der Waals surface area contributed by atoms with Gasteiger partial charge in [0.1, 0.15) is 6.04 Å². The van der Waals surface area contributed by atoms with E-state index >= 15 is 0 Å². The second-order valence-corrected chi connectivity index (χ2v) is 4.03. The fraction of sp³-hybridized carbons (Fsp3) is 0.385. The average molecular weight is 250 g/mol. The number of nitrogens with two attached hydrogens (primary N) is 1. The molecule has 0 fully saturated rings. The van der Waals surface area contributed by atoms with E-state index < -0.39 is 12.0 Å². The highest BCUT2D eigenvalue weighted by Gasteiger charge is 2.20. The van der Waals surface area contributed by atoms with Crippen molar-refractivity contribution in [1.82, 2.24) is 5.32 Å². The fourth-order valence-electron chi connectivity index (χ4n) is 1.49. The molecule has 0 heterocycles. The lowest BCUT2D eigenvalue weighted by Crippen LogP contribution is -2.41. The van der Waals surface area contributed by atoms with Gasteiger partial charge in [0, 0.05) is 11.3 Å². The molecule has 1 aromatic rings. The van der Waals surface area contributed by atoms with Crippen LogP contribution in [0.15, 0.2) is 18.2 Å². The Hall–Kier alpha value is -2.04. The maximum absolute atomic E-state index is 11.9. The summed E-state index contributed by atoms with van der Waals surface area (Å²) in [6.07, 6.45) is 0.472. The molecule has 1 unspecified atom stereocenters. The SMILES string of the molecule is CCC(NC(=O)c1ccc(C)c(N)c1)C(=O)OC. The smallest absolute Gasteiger partial charge is 0.328 e. The molecule has 3 N–H and O–H groups in total. The van der Waals surface area contributed by atoms with Crippen molar-refractivity contribution in [2.75, 3.05) is 12.8 Å². The summed E-state index contributed by atoms with van der Waals surface area (Å²) in [7, 11) is 1.29. The first-order valence-electron chi connectivity index (χ1n) is 5.74. The molecule has 0 radical (unpaired) electrons. The summed E-state index contributed by atoms with van der Waals surface area (Å²) in [5.41, 5.74) is 7.63. The number of hydrogen-bond donors (Lipinski definition) is 2. The number of aryl methyl sites for hydroxylation is 1. The molecular weight excluding hydrogens is 232 g/mol. The summed E-state index contributed by atoms with van der Waals surface area (Å²) in [5, 5.41) is 2.61. The van der Waals surface area contributed by atoms with Crippen LogP contribution in [0.5, 0.6) is 0 Å². The second kappa shape index (κ2) is 6.05. The molecule has 98 valence electrons. The molecule has 0 saturated heterocycles. The first-order chi connectivity index (χ1) is 8.49. The van der Waals surface area contributed by atoms with Crippen LogP contribution in [-0.4, -0.2) is 25.0 Å². The van der Waals surface area contributed by atoms with Crippen molar-refractivity contribution in [2.24, 2.45) is 0 Å². The van der Waals surface area contributed by atoms with Gasteiger partial charge >= 0.3 is 5.97 Å². The Bertz CT molecular complexity index is 458. The standard InChI is InChI=1S/C13H18N2O3/c1-4-11(13(17)18-3)15-12(16)9-6-5-8(2)10(14)7-9/h5-7,11H,4,14H2,1-3H3,(H,15,16). The minimum atomic E-state index is -0.634. The molecule has 0 aliphatic heterocycles. The number of carbonyl (C=O) groups is 2. The molecule has 0 bridgehead atoms. The lowest BCUT2D eigenvalue weighted by Gasteiger charge is -2.14. The number of esters is 1. The molecule has 0 spiro atoms. The molecule has 1 amide bonds. The second-order valence-electron chi connectivity index (χ2n) is 4.03. The van der Waals surface area contributed by atoms with E-state index in [2.05, 4.69) is 10.1 Å². The normalized spacial score (nSPS) is 11.7. The highest BCUT2D eigenvalue weighted by Crippen LogP contribution is 2.13. The van der Waals surface area contributed by atoms with E-state index in [0.29, 0.717) is 17.7 Å². The fourth-order valence-corrected chi connectivity index (χ4v) is 1.49. The summed E-state index contributed by atoms with van der Waals surface area (Å²) in [4.78, 5) is 23.3. The Morgan fingerprint density at radius 1 is 1.44 bits per heavy atom. The Morgan fingerprint density at radius 2 is 2.11 bits per heavy atom. The maximum Gasteiger partial charge on any atom is 0.328 e. The third-order valence-electron chi connectivity index (χ3n) is 2.74. The summed E-state index contributed by atoms with van der Waals surface area (Å²) < 4.78 is 4.60. The van der Waals surface area contributed by atoms with E-state index in [4.69, 9.17) is 5.73 Å². The van der Waals surface area contributed by atoms with Gasteiger partial charge in [-0.1, -0.05) is 13.0 Å². The number of anilines is 1. The van der Waals surface area contributed by atoms with Crippen LogP contribution in [0.2, 0.25) is 0 Å². The Balaban J connectivity index is 2.81. The van der Waals surface area contributed by atoms with Crippen LogP contribution in [0.3, 0.4) is 0 Å². The van der Waals surface area contributed by atoms with Crippen molar-refractivity contribution in [2.45, 2.75) is 26.3 Å². The molecular formula is C13H18N2O3. The van der Waals surface area contributed by atoms with Gasteiger partial charge in [0.25, 0.3) is 5.91 Å². The van der Waals surface area contributed by atoms with Gasteiger partial charge in [-0.2, -0.15) is 0 Å². The Labute approximate surface area is 106 Å². The molecule has 5 heteroatoms. The highest BCUT2D eigenvalue weighted by atomic mass is 16.5. The third-order valence-corrected chi connectivity index (χ3v) is 2.74. The van der Waals surface area contributed by atoms with Crippen LogP contribution < -0.4 is 11.1 Å². The number of benzene rings is 1. The lowest BCUT2D eigenvalue weighted by atomic mass is 10.1. The molecule has 0 saturated carbocycles. The maximum atomic E-state index is 11.9. The number of rotatable bonds is 4. The number of nitrogens with one attached hydrogen (secondary N) is 1. The molecule has 1 atom stereocenters. The van der Waals surface area contributed by atoms with Crippen molar-refractivity contribution >= 4 is 17.6 Å². The van der Waals surface area contributed by atoms with Gasteiger partial charge in [-0.3, -0.25) is 4.79 Å². The number of ether oxygens (including phenoxy) is 1. The number of hydrogen-bond acceptors (Lipinski definition) is 4. The lowest BCUT2D eigenvalue weighted by molar-refractivity contribution is -0.142. The van der Waals surface area contributed by atoms with Crippen LogP contribution in [0.4, 0.5) is 5.69 Å². The Morgan fingerprint density at radius 3 is 2.61 bits per heavy atom. The monoisotopic (exact) mass is 250 g/mol. The number of carbonyl (C=O) groups excluding carboxylic acids is 2. The van der Waals surface area contributed by atoms with Gasteiger partial charge in [-0.05, 0) is 31.0 Å². The third kappa shape index (κ3) is 3.23. The molecule has 1 rings (SSSR count). The van der Waals surface area contributed by atoms with Gasteiger partial charge in [0.05, 0.1) is 7.11 Å². The minimum absolute atomic E-state index is 0.334. The quantitative estimate of drug-likeness (QED) is 0.622. The summed E-state index contributed by atoms with van der Waals surface area (Å²) in [5.74, 6) is -0.787. The van der Waals surface area contributed by atoms with Gasteiger partial charge in [-0.25, -0.2) is 4.79 Å². The van der Waals surface area contributed by atoms with Gasteiger partial charge < -0.3 is 15.8 Å². The summed E-state index contributed by atoms with van der Waals surface area (Å²) in [6.45, 7) is 3.66. The van der Waals surface area contributed by atoms with Crippen LogP contribution in [0.1, 0.15) is 29.3 Å². The molecule has 18 heavy (non-hydrogen) atoms. The highest BCUT2D eigenvalue weighted by molar-refractivity contribution is 5.97. The zero-order valence-corrected chi connectivity index (χ0v) is 10.8. The van der Waals surface area contributed by atoms with Crippen molar-refractivity contribution in [3.63, 3.8) is 0 Å². The topological polar surface area (TPSA) is 81.4 Å². The van der Waals surface area contributed by atoms with Crippen LogP contribution in [-0.2, 0) is 9.53 Å². The minimum Gasteiger partial charge on any atom is -0.467 e. The zero-order chi connectivity index (χ0) is 13.7. The molecule has 5 nitrogen and oxygen atoms in total. The van der Waals surface area contributed by atoms with E-state index in [1.165, 1.54) is 7.11 Å². The first kappa shape index (κ1) is 14.0. The first-order valence-corrected chi connectivity index (χ1v) is 5.74. The zero-order valence-electron chi connectivity index (χ0n) is 10.8. The van der Waals surface area contributed by atoms with Gasteiger partial charge in [0.2, 0.25) is 0 Å². The van der Waals surface area contributed by atoms with Crippen molar-refractivity contribution < 1.29 is 14.3 Å². The molecule has 0 aromatic heterocycles. The van der Waals surface area contributed by atoms with E-state index in [0.717, 1.165) is 5.56 Å². The summed E-state index contributed by atoms with van der Waals surface area (Å²) >= 11 is 0. The molecule has 0 aliphatic carbocycles. The Kier molecular flexibility index (Phi) is 4.71. The summed E-state index contributed by atoms with van der Waals surface area (Å²) in [6, 6.07) is 4.40. The van der Waals surface area contributed by atoms with Crippen molar-refractivity contribution in [3.05, 3.63) is 29.3 Å². The van der Waals surface area contributed by atoms with E-state index in [9.17, 15) is 9.59 Å². The largest absolute Gasteiger partial charge is 0.467 e.